The molecule has 0 aromatic heterocycles. The van der Waals surface area contributed by atoms with Gasteiger partial charge in [0.05, 0.1) is 5.69 Å². The lowest BCUT2D eigenvalue weighted by Gasteiger charge is -2.36. The van der Waals surface area contributed by atoms with Crippen LogP contribution in [-0.4, -0.2) is 60.9 Å². The number of hydrogen-bond acceptors (Lipinski definition) is 4. The molecule has 27 heavy (non-hydrogen) atoms. The molecule has 4 rings (SSSR count). The molecule has 1 fully saturated rings. The van der Waals surface area contributed by atoms with E-state index >= 15 is 0 Å². The Balaban J connectivity index is 1.67. The van der Waals surface area contributed by atoms with Crippen molar-refractivity contribution in [2.24, 2.45) is 4.99 Å². The number of carbonyl (C=O) groups excluding carboxylic acids is 1. The van der Waals surface area contributed by atoms with Crippen molar-refractivity contribution in [2.45, 2.75) is 19.4 Å². The van der Waals surface area contributed by atoms with Gasteiger partial charge in [0.2, 0.25) is 5.96 Å². The molecule has 2 aliphatic rings. The number of para-hydroxylation sites is 1. The van der Waals surface area contributed by atoms with Gasteiger partial charge < -0.3 is 9.80 Å². The van der Waals surface area contributed by atoms with Gasteiger partial charge in [-0.1, -0.05) is 48.5 Å². The van der Waals surface area contributed by atoms with Crippen molar-refractivity contribution in [2.75, 3.05) is 38.1 Å². The molecule has 0 saturated carbocycles. The van der Waals surface area contributed by atoms with E-state index in [1.165, 1.54) is 0 Å². The first kappa shape index (κ1) is 17.7. The van der Waals surface area contributed by atoms with Gasteiger partial charge in [-0.05, 0) is 31.2 Å². The van der Waals surface area contributed by atoms with E-state index in [1.54, 1.807) is 0 Å². The van der Waals surface area contributed by atoms with Gasteiger partial charge in [0.25, 0.3) is 5.91 Å². The first-order chi connectivity index (χ1) is 13.1. The van der Waals surface area contributed by atoms with Gasteiger partial charge in [0.15, 0.2) is 0 Å². The van der Waals surface area contributed by atoms with Crippen LogP contribution in [0.15, 0.2) is 59.6 Å². The average molecular weight is 362 g/mol. The zero-order valence-corrected chi connectivity index (χ0v) is 16.0. The summed E-state index contributed by atoms with van der Waals surface area (Å²) in [7, 11) is 2.14. The Morgan fingerprint density at radius 3 is 2.33 bits per heavy atom. The Morgan fingerprint density at radius 1 is 0.963 bits per heavy atom. The van der Waals surface area contributed by atoms with Crippen LogP contribution in [0.3, 0.4) is 0 Å². The number of aliphatic imine (C=N–C) groups is 1. The molecule has 0 radical (unpaired) electrons. The van der Waals surface area contributed by atoms with Crippen LogP contribution in [0.25, 0.3) is 0 Å². The van der Waals surface area contributed by atoms with Gasteiger partial charge in [0, 0.05) is 32.6 Å². The first-order valence-corrected chi connectivity index (χ1v) is 9.58. The van der Waals surface area contributed by atoms with Crippen molar-refractivity contribution in [3.8, 4) is 0 Å². The van der Waals surface area contributed by atoms with Crippen LogP contribution >= 0.6 is 0 Å². The molecule has 0 aliphatic carbocycles. The number of aryl methyl sites for hydroxylation is 1. The molecule has 0 N–H and O–H groups in total. The molecule has 2 heterocycles. The minimum absolute atomic E-state index is 0.0714. The number of anilines is 1. The summed E-state index contributed by atoms with van der Waals surface area (Å²) in [5, 5.41) is 0. The number of likely N-dealkylation sites (N-methyl/N-ethyl adjacent to an activating group) is 1. The predicted octanol–water partition coefficient (Wildman–Crippen LogP) is 2.56. The van der Waals surface area contributed by atoms with Gasteiger partial charge in [-0.3, -0.25) is 4.79 Å². The molecule has 5 heteroatoms. The van der Waals surface area contributed by atoms with E-state index in [-0.39, 0.29) is 11.9 Å². The quantitative estimate of drug-likeness (QED) is 0.842. The number of amides is 1. The third-order valence-corrected chi connectivity index (χ3v) is 5.39. The molecule has 5 nitrogen and oxygen atoms in total. The summed E-state index contributed by atoms with van der Waals surface area (Å²) in [6.45, 7) is 5.80. The first-order valence-electron chi connectivity index (χ1n) is 9.58. The van der Waals surface area contributed by atoms with Crippen LogP contribution in [0.4, 0.5) is 5.69 Å². The summed E-state index contributed by atoms with van der Waals surface area (Å²) in [5.41, 5.74) is 3.17. The zero-order chi connectivity index (χ0) is 18.8. The number of rotatable bonds is 3. The second-order valence-electron chi connectivity index (χ2n) is 7.39. The Labute approximate surface area is 160 Å². The van der Waals surface area contributed by atoms with E-state index in [9.17, 15) is 4.79 Å². The number of hydrogen-bond donors (Lipinski definition) is 0. The number of benzene rings is 2. The van der Waals surface area contributed by atoms with E-state index in [0.717, 1.165) is 49.0 Å². The van der Waals surface area contributed by atoms with Crippen molar-refractivity contribution >= 4 is 17.6 Å². The SMILES string of the molecule is Cc1ccccc1N1C(=O)C(Cc2ccccc2)N=C1N1CCN(C)CC1. The summed E-state index contributed by atoms with van der Waals surface area (Å²) < 4.78 is 0. The Morgan fingerprint density at radius 2 is 1.63 bits per heavy atom. The molecule has 1 atom stereocenters. The molecule has 140 valence electrons. The smallest absolute Gasteiger partial charge is 0.259 e. The van der Waals surface area contributed by atoms with Gasteiger partial charge in [-0.25, -0.2) is 9.89 Å². The van der Waals surface area contributed by atoms with Crippen LogP contribution in [0.1, 0.15) is 11.1 Å². The Hall–Kier alpha value is -2.66. The zero-order valence-electron chi connectivity index (χ0n) is 16.0. The highest BCUT2D eigenvalue weighted by atomic mass is 16.2. The van der Waals surface area contributed by atoms with Crippen LogP contribution in [-0.2, 0) is 11.2 Å². The van der Waals surface area contributed by atoms with Crippen molar-refractivity contribution in [1.29, 1.82) is 0 Å². The second kappa shape index (κ2) is 7.53. The van der Waals surface area contributed by atoms with Crippen LogP contribution in [0, 0.1) is 6.92 Å². The van der Waals surface area contributed by atoms with Gasteiger partial charge in [-0.15, -0.1) is 0 Å². The fourth-order valence-corrected chi connectivity index (χ4v) is 3.74. The minimum atomic E-state index is -0.360. The Kier molecular flexibility index (Phi) is 4.94. The van der Waals surface area contributed by atoms with Gasteiger partial charge >= 0.3 is 0 Å². The van der Waals surface area contributed by atoms with Crippen molar-refractivity contribution in [3.63, 3.8) is 0 Å². The van der Waals surface area contributed by atoms with Crippen molar-refractivity contribution < 1.29 is 4.79 Å². The summed E-state index contributed by atoms with van der Waals surface area (Å²) in [5.74, 6) is 0.880. The monoisotopic (exact) mass is 362 g/mol. The number of nitrogens with zero attached hydrogens (tertiary/aromatic N) is 4. The summed E-state index contributed by atoms with van der Waals surface area (Å²) in [4.78, 5) is 24.7. The topological polar surface area (TPSA) is 39.2 Å². The highest BCUT2D eigenvalue weighted by Crippen LogP contribution is 2.28. The molecular formula is C22H26N4O. The molecule has 2 aliphatic heterocycles. The number of guanidine groups is 1. The van der Waals surface area contributed by atoms with Crippen LogP contribution in [0.2, 0.25) is 0 Å². The molecule has 1 amide bonds. The third kappa shape index (κ3) is 3.60. The summed E-state index contributed by atoms with van der Waals surface area (Å²) >= 11 is 0. The largest absolute Gasteiger partial charge is 0.340 e. The van der Waals surface area contributed by atoms with E-state index in [4.69, 9.17) is 4.99 Å². The number of carbonyl (C=O) groups is 1. The fraction of sp³-hybridized carbons (Fsp3) is 0.364. The molecule has 2 aromatic rings. The maximum Gasteiger partial charge on any atom is 0.259 e. The molecule has 1 saturated heterocycles. The van der Waals surface area contributed by atoms with Gasteiger partial charge in [-0.2, -0.15) is 0 Å². The maximum atomic E-state index is 13.4. The fourth-order valence-electron chi connectivity index (χ4n) is 3.74. The summed E-state index contributed by atoms with van der Waals surface area (Å²) in [6.07, 6.45) is 0.638. The minimum Gasteiger partial charge on any atom is -0.340 e. The standard InChI is InChI=1S/C22H26N4O/c1-17-8-6-7-11-20(17)26-21(27)19(16-18-9-4-3-5-10-18)23-22(26)25-14-12-24(2)13-15-25/h3-11,19H,12-16H2,1-2H3. The van der Waals surface area contributed by atoms with Crippen LogP contribution in [0.5, 0.6) is 0 Å². The Bertz CT molecular complexity index is 840. The average Bonchev–Trinajstić information content (AvgIpc) is 3.00. The number of piperazine rings is 1. The third-order valence-electron chi connectivity index (χ3n) is 5.39. The molecular weight excluding hydrogens is 336 g/mol. The maximum absolute atomic E-state index is 13.4. The lowest BCUT2D eigenvalue weighted by atomic mass is 10.1. The summed E-state index contributed by atoms with van der Waals surface area (Å²) in [6, 6.07) is 17.9. The predicted molar refractivity (Wildman–Crippen MR) is 109 cm³/mol. The van der Waals surface area contributed by atoms with E-state index in [0.29, 0.717) is 6.42 Å². The van der Waals surface area contributed by atoms with E-state index in [1.807, 2.05) is 41.3 Å². The normalized spacial score (nSPS) is 20.9. The lowest BCUT2D eigenvalue weighted by molar-refractivity contribution is -0.118. The van der Waals surface area contributed by atoms with Crippen molar-refractivity contribution in [1.82, 2.24) is 9.80 Å². The van der Waals surface area contributed by atoms with E-state index < -0.39 is 0 Å². The molecule has 1 unspecified atom stereocenters. The molecule has 0 spiro atoms. The molecule has 2 aromatic carbocycles. The highest BCUT2D eigenvalue weighted by molar-refractivity contribution is 6.22. The van der Waals surface area contributed by atoms with Gasteiger partial charge in [0.1, 0.15) is 6.04 Å². The van der Waals surface area contributed by atoms with Crippen molar-refractivity contribution in [3.05, 3.63) is 65.7 Å². The molecule has 0 bridgehead atoms. The van der Waals surface area contributed by atoms with E-state index in [2.05, 4.69) is 42.0 Å². The second-order valence-corrected chi connectivity index (χ2v) is 7.39. The lowest BCUT2D eigenvalue weighted by Crippen LogP contribution is -2.52. The van der Waals surface area contributed by atoms with Crippen LogP contribution < -0.4 is 4.90 Å². The highest BCUT2D eigenvalue weighted by Gasteiger charge is 2.39.